The van der Waals surface area contributed by atoms with Crippen LogP contribution in [0.1, 0.15) is 13.3 Å². The molecule has 0 saturated heterocycles. The smallest absolute Gasteiger partial charge is 0.332 e. The van der Waals surface area contributed by atoms with Gasteiger partial charge in [0, 0.05) is 0 Å². The maximum Gasteiger partial charge on any atom is 0.332 e. The highest BCUT2D eigenvalue weighted by atomic mass is 16.5. The van der Waals surface area contributed by atoms with Crippen molar-refractivity contribution in [2.45, 2.75) is 19.4 Å². The monoisotopic (exact) mass is 267 g/mol. The summed E-state index contributed by atoms with van der Waals surface area (Å²) in [5, 5.41) is 11.3. The van der Waals surface area contributed by atoms with E-state index in [1.54, 1.807) is 24.3 Å². The van der Waals surface area contributed by atoms with Crippen LogP contribution in [0.5, 0.6) is 5.75 Å². The van der Waals surface area contributed by atoms with Gasteiger partial charge in [-0.2, -0.15) is 0 Å². The number of methoxy groups -OCH3 is 1. The molecule has 0 heterocycles. The molecule has 0 saturated carbocycles. The topological polar surface area (TPSA) is 84.9 Å². The van der Waals surface area contributed by atoms with Gasteiger partial charge in [-0.05, 0) is 19.1 Å². The van der Waals surface area contributed by atoms with E-state index >= 15 is 0 Å². The van der Waals surface area contributed by atoms with Crippen molar-refractivity contribution >= 4 is 17.6 Å². The zero-order chi connectivity index (χ0) is 14.3. The molecule has 1 amide bonds. The van der Waals surface area contributed by atoms with E-state index in [4.69, 9.17) is 14.6 Å². The van der Waals surface area contributed by atoms with E-state index in [0.717, 1.165) is 0 Å². The summed E-state index contributed by atoms with van der Waals surface area (Å²) >= 11 is 0. The molecule has 0 aromatic heterocycles. The molecule has 6 nitrogen and oxygen atoms in total. The predicted octanol–water partition coefficient (Wildman–Crippen LogP) is 1.51. The van der Waals surface area contributed by atoms with Crippen molar-refractivity contribution in [1.82, 2.24) is 0 Å². The van der Waals surface area contributed by atoms with Crippen LogP contribution in [0.3, 0.4) is 0 Å². The van der Waals surface area contributed by atoms with Crippen LogP contribution in [0, 0.1) is 0 Å². The standard InChI is InChI=1S/C13H17NO5/c1-9(13(16)17)19-8-7-12(15)14-10-5-3-4-6-11(10)18-2/h3-6,9H,7-8H2,1-2H3,(H,14,15)(H,16,17)/t9-/m0/s1. The lowest BCUT2D eigenvalue weighted by atomic mass is 10.3. The van der Waals surface area contributed by atoms with Gasteiger partial charge in [0.15, 0.2) is 6.10 Å². The van der Waals surface area contributed by atoms with Gasteiger partial charge in [-0.25, -0.2) is 4.79 Å². The van der Waals surface area contributed by atoms with Gasteiger partial charge >= 0.3 is 5.97 Å². The van der Waals surface area contributed by atoms with Crippen molar-refractivity contribution < 1.29 is 24.2 Å². The maximum atomic E-state index is 11.6. The maximum absolute atomic E-state index is 11.6. The van der Waals surface area contributed by atoms with Crippen molar-refractivity contribution in [3.05, 3.63) is 24.3 Å². The number of carbonyl (C=O) groups is 2. The number of carbonyl (C=O) groups excluding carboxylic acids is 1. The lowest BCUT2D eigenvalue weighted by Crippen LogP contribution is -2.22. The van der Waals surface area contributed by atoms with Crippen LogP contribution >= 0.6 is 0 Å². The highest BCUT2D eigenvalue weighted by molar-refractivity contribution is 5.92. The average Bonchev–Trinajstić information content (AvgIpc) is 2.39. The number of carboxylic acids is 1. The van der Waals surface area contributed by atoms with Gasteiger partial charge in [0.25, 0.3) is 0 Å². The van der Waals surface area contributed by atoms with E-state index < -0.39 is 12.1 Å². The predicted molar refractivity (Wildman–Crippen MR) is 69.3 cm³/mol. The fraction of sp³-hybridized carbons (Fsp3) is 0.385. The van der Waals surface area contributed by atoms with E-state index in [1.165, 1.54) is 14.0 Å². The molecule has 1 aromatic rings. The molecule has 6 heteroatoms. The number of hydrogen-bond acceptors (Lipinski definition) is 4. The Bertz CT molecular complexity index is 446. The Kier molecular flexibility index (Phi) is 5.81. The summed E-state index contributed by atoms with van der Waals surface area (Å²) in [5.41, 5.74) is 0.571. The van der Waals surface area contributed by atoms with Crippen molar-refractivity contribution in [3.63, 3.8) is 0 Å². The summed E-state index contributed by atoms with van der Waals surface area (Å²) in [5.74, 6) is -0.747. The molecule has 19 heavy (non-hydrogen) atoms. The molecule has 104 valence electrons. The third-order valence-electron chi connectivity index (χ3n) is 2.43. The molecule has 1 rings (SSSR count). The number of carboxylic acid groups (broad SMARTS) is 1. The molecule has 0 bridgehead atoms. The van der Waals surface area contributed by atoms with Gasteiger partial charge in [-0.1, -0.05) is 12.1 Å². The van der Waals surface area contributed by atoms with Crippen molar-refractivity contribution in [2.24, 2.45) is 0 Å². The number of nitrogens with one attached hydrogen (secondary N) is 1. The van der Waals surface area contributed by atoms with E-state index in [-0.39, 0.29) is 18.9 Å². The Balaban J connectivity index is 2.41. The minimum Gasteiger partial charge on any atom is -0.495 e. The fourth-order valence-corrected chi connectivity index (χ4v) is 1.36. The van der Waals surface area contributed by atoms with Crippen molar-refractivity contribution in [2.75, 3.05) is 19.0 Å². The highest BCUT2D eigenvalue weighted by Crippen LogP contribution is 2.22. The summed E-state index contributed by atoms with van der Waals surface area (Å²) < 4.78 is 10.1. The number of ether oxygens (including phenoxy) is 2. The third kappa shape index (κ3) is 4.97. The molecule has 1 atom stereocenters. The Hall–Kier alpha value is -2.08. The third-order valence-corrected chi connectivity index (χ3v) is 2.43. The van der Waals surface area contributed by atoms with Crippen molar-refractivity contribution in [1.29, 1.82) is 0 Å². The number of anilines is 1. The lowest BCUT2D eigenvalue weighted by Gasteiger charge is -2.11. The van der Waals surface area contributed by atoms with Crippen LogP contribution in [0.15, 0.2) is 24.3 Å². The molecular formula is C13H17NO5. The number of aliphatic carboxylic acids is 1. The first-order valence-electron chi connectivity index (χ1n) is 5.82. The Morgan fingerprint density at radius 3 is 2.68 bits per heavy atom. The SMILES string of the molecule is COc1ccccc1NC(=O)CCO[C@@H](C)C(=O)O. The van der Waals surface area contributed by atoms with Gasteiger partial charge in [0.05, 0.1) is 25.8 Å². The largest absolute Gasteiger partial charge is 0.495 e. The second kappa shape index (κ2) is 7.38. The number of benzene rings is 1. The zero-order valence-corrected chi connectivity index (χ0v) is 10.9. The summed E-state index contributed by atoms with van der Waals surface area (Å²) in [7, 11) is 1.52. The van der Waals surface area contributed by atoms with Gasteiger partial charge < -0.3 is 19.9 Å². The van der Waals surface area contributed by atoms with Gasteiger partial charge in [-0.15, -0.1) is 0 Å². The van der Waals surface area contributed by atoms with Gasteiger partial charge in [0.2, 0.25) is 5.91 Å². The summed E-state index contributed by atoms with van der Waals surface area (Å²) in [6, 6.07) is 7.03. The van der Waals surface area contributed by atoms with E-state index in [2.05, 4.69) is 5.32 Å². The van der Waals surface area contributed by atoms with Crippen molar-refractivity contribution in [3.8, 4) is 5.75 Å². The fourth-order valence-electron chi connectivity index (χ4n) is 1.36. The van der Waals surface area contributed by atoms with Crippen LogP contribution in [0.4, 0.5) is 5.69 Å². The second-order valence-electron chi connectivity index (χ2n) is 3.85. The molecule has 0 spiro atoms. The number of para-hydroxylation sites is 2. The van der Waals surface area contributed by atoms with Gasteiger partial charge in [-0.3, -0.25) is 4.79 Å². The molecule has 0 aliphatic rings. The molecule has 0 unspecified atom stereocenters. The summed E-state index contributed by atoms with van der Waals surface area (Å²) in [4.78, 5) is 22.1. The van der Waals surface area contributed by atoms with Crippen LogP contribution in [0.25, 0.3) is 0 Å². The number of amides is 1. The second-order valence-corrected chi connectivity index (χ2v) is 3.85. The quantitative estimate of drug-likeness (QED) is 0.782. The summed E-state index contributed by atoms with van der Waals surface area (Å²) in [6.07, 6.45) is -0.838. The first-order chi connectivity index (χ1) is 9.04. The molecule has 0 aliphatic carbocycles. The lowest BCUT2D eigenvalue weighted by molar-refractivity contribution is -0.149. The molecule has 1 aromatic carbocycles. The Morgan fingerprint density at radius 1 is 1.37 bits per heavy atom. The normalized spacial score (nSPS) is 11.7. The highest BCUT2D eigenvalue weighted by Gasteiger charge is 2.12. The zero-order valence-electron chi connectivity index (χ0n) is 10.9. The average molecular weight is 267 g/mol. The van der Waals surface area contributed by atoms with Gasteiger partial charge in [0.1, 0.15) is 5.75 Å². The molecule has 0 fully saturated rings. The minimum absolute atomic E-state index is 0.0500. The molecular weight excluding hydrogens is 250 g/mol. The van der Waals surface area contributed by atoms with Crippen LogP contribution in [-0.2, 0) is 14.3 Å². The number of hydrogen-bond donors (Lipinski definition) is 2. The van der Waals surface area contributed by atoms with Crippen LogP contribution in [-0.4, -0.2) is 36.8 Å². The first-order valence-corrected chi connectivity index (χ1v) is 5.82. The molecule has 0 aliphatic heterocycles. The van der Waals surface area contributed by atoms with Crippen LogP contribution < -0.4 is 10.1 Å². The molecule has 0 radical (unpaired) electrons. The van der Waals surface area contributed by atoms with E-state index in [1.807, 2.05) is 0 Å². The van der Waals surface area contributed by atoms with E-state index in [0.29, 0.717) is 11.4 Å². The minimum atomic E-state index is -1.05. The number of rotatable bonds is 7. The summed E-state index contributed by atoms with van der Waals surface area (Å²) in [6.45, 7) is 1.47. The Labute approximate surface area is 111 Å². The Morgan fingerprint density at radius 2 is 2.05 bits per heavy atom. The van der Waals surface area contributed by atoms with E-state index in [9.17, 15) is 9.59 Å². The molecule has 2 N–H and O–H groups in total. The van der Waals surface area contributed by atoms with Crippen LogP contribution in [0.2, 0.25) is 0 Å². The first kappa shape index (κ1) is 15.0.